The summed E-state index contributed by atoms with van der Waals surface area (Å²) in [4.78, 5) is 0.326. The van der Waals surface area contributed by atoms with Crippen molar-refractivity contribution in [3.05, 3.63) is 24.3 Å². The Kier molecular flexibility index (Phi) is 7.75. The SMILES string of the molecule is CCCCCC(C)NS(=O)(=O)c1ccc(NCCC)cc1. The van der Waals surface area contributed by atoms with E-state index in [0.717, 1.165) is 44.3 Å². The lowest BCUT2D eigenvalue weighted by Crippen LogP contribution is -2.32. The van der Waals surface area contributed by atoms with Crippen molar-refractivity contribution in [3.8, 4) is 0 Å². The largest absolute Gasteiger partial charge is 0.385 e. The number of anilines is 1. The Hall–Kier alpha value is -1.07. The molecule has 0 saturated heterocycles. The van der Waals surface area contributed by atoms with Gasteiger partial charge in [-0.25, -0.2) is 13.1 Å². The van der Waals surface area contributed by atoms with E-state index in [0.29, 0.717) is 4.90 Å². The molecule has 1 atom stereocenters. The van der Waals surface area contributed by atoms with Crippen LogP contribution in [0.5, 0.6) is 0 Å². The molecule has 2 N–H and O–H groups in total. The molecule has 4 nitrogen and oxygen atoms in total. The lowest BCUT2D eigenvalue weighted by Gasteiger charge is -2.14. The highest BCUT2D eigenvalue weighted by Gasteiger charge is 2.16. The van der Waals surface area contributed by atoms with Crippen molar-refractivity contribution >= 4 is 15.7 Å². The van der Waals surface area contributed by atoms with Gasteiger partial charge >= 0.3 is 0 Å². The molecule has 0 spiro atoms. The zero-order valence-corrected chi connectivity index (χ0v) is 14.2. The Bertz CT molecular complexity index is 498. The maximum Gasteiger partial charge on any atom is 0.240 e. The van der Waals surface area contributed by atoms with Crippen molar-refractivity contribution in [1.29, 1.82) is 0 Å². The first-order valence-electron chi connectivity index (χ1n) is 7.85. The Morgan fingerprint density at radius 3 is 2.29 bits per heavy atom. The summed E-state index contributed by atoms with van der Waals surface area (Å²) in [5.74, 6) is 0. The normalized spacial score (nSPS) is 13.1. The van der Waals surface area contributed by atoms with Crippen LogP contribution in [0.25, 0.3) is 0 Å². The molecule has 0 bridgehead atoms. The van der Waals surface area contributed by atoms with Crippen LogP contribution >= 0.6 is 0 Å². The highest BCUT2D eigenvalue weighted by molar-refractivity contribution is 7.89. The lowest BCUT2D eigenvalue weighted by atomic mass is 10.1. The zero-order chi connectivity index (χ0) is 15.7. The summed E-state index contributed by atoms with van der Waals surface area (Å²) < 4.78 is 27.3. The first-order chi connectivity index (χ1) is 9.99. The third kappa shape index (κ3) is 6.48. The predicted octanol–water partition coefficient (Wildman–Crippen LogP) is 3.76. The first kappa shape index (κ1) is 18.0. The summed E-state index contributed by atoms with van der Waals surface area (Å²) >= 11 is 0. The third-order valence-electron chi connectivity index (χ3n) is 3.34. The lowest BCUT2D eigenvalue weighted by molar-refractivity contribution is 0.527. The molecule has 0 aliphatic rings. The van der Waals surface area contributed by atoms with Gasteiger partial charge in [-0.15, -0.1) is 0 Å². The minimum Gasteiger partial charge on any atom is -0.385 e. The zero-order valence-electron chi connectivity index (χ0n) is 13.4. The van der Waals surface area contributed by atoms with Crippen LogP contribution < -0.4 is 10.0 Å². The summed E-state index contributed by atoms with van der Waals surface area (Å²) in [6, 6.07) is 6.90. The number of nitrogens with one attached hydrogen (secondary N) is 2. The van der Waals surface area contributed by atoms with Gasteiger partial charge in [-0.2, -0.15) is 0 Å². The van der Waals surface area contributed by atoms with E-state index in [2.05, 4.69) is 23.9 Å². The fraction of sp³-hybridized carbons (Fsp3) is 0.625. The highest BCUT2D eigenvalue weighted by atomic mass is 32.2. The molecule has 0 aliphatic heterocycles. The Balaban J connectivity index is 2.61. The number of unbranched alkanes of at least 4 members (excludes halogenated alkanes) is 2. The van der Waals surface area contributed by atoms with Crippen molar-refractivity contribution in [2.45, 2.75) is 63.8 Å². The number of benzene rings is 1. The molecule has 0 heterocycles. The van der Waals surface area contributed by atoms with E-state index in [1.165, 1.54) is 0 Å². The van der Waals surface area contributed by atoms with Crippen LogP contribution in [0.1, 0.15) is 52.9 Å². The van der Waals surface area contributed by atoms with Crippen LogP contribution in [-0.2, 0) is 10.0 Å². The maximum atomic E-state index is 12.3. The van der Waals surface area contributed by atoms with Gasteiger partial charge in [0.1, 0.15) is 0 Å². The molecular formula is C16H28N2O2S. The average molecular weight is 312 g/mol. The van der Waals surface area contributed by atoms with Crippen molar-refractivity contribution < 1.29 is 8.42 Å². The van der Waals surface area contributed by atoms with Gasteiger partial charge in [0.2, 0.25) is 10.0 Å². The van der Waals surface area contributed by atoms with Crippen molar-refractivity contribution in [2.75, 3.05) is 11.9 Å². The standard InChI is InChI=1S/C16H28N2O2S/c1-4-6-7-8-14(3)18-21(19,20)16-11-9-15(10-12-16)17-13-5-2/h9-12,14,17-18H,4-8,13H2,1-3H3. The fourth-order valence-corrected chi connectivity index (χ4v) is 3.39. The van der Waals surface area contributed by atoms with Crippen LogP contribution in [0.3, 0.4) is 0 Å². The van der Waals surface area contributed by atoms with Crippen LogP contribution in [0.15, 0.2) is 29.2 Å². The smallest absolute Gasteiger partial charge is 0.240 e. The molecule has 0 amide bonds. The van der Waals surface area contributed by atoms with E-state index in [1.54, 1.807) is 12.1 Å². The summed E-state index contributed by atoms with van der Waals surface area (Å²) in [5.41, 5.74) is 0.951. The van der Waals surface area contributed by atoms with E-state index >= 15 is 0 Å². The minimum atomic E-state index is -3.41. The molecule has 0 fully saturated rings. The maximum absolute atomic E-state index is 12.3. The molecular weight excluding hydrogens is 284 g/mol. The van der Waals surface area contributed by atoms with Gasteiger partial charge in [0.25, 0.3) is 0 Å². The van der Waals surface area contributed by atoms with Gasteiger partial charge in [0, 0.05) is 18.3 Å². The Morgan fingerprint density at radius 1 is 1.05 bits per heavy atom. The van der Waals surface area contributed by atoms with Crippen molar-refractivity contribution in [1.82, 2.24) is 4.72 Å². The average Bonchev–Trinajstić information content (AvgIpc) is 2.45. The quantitative estimate of drug-likeness (QED) is 0.647. The first-order valence-corrected chi connectivity index (χ1v) is 9.34. The van der Waals surface area contributed by atoms with Gasteiger partial charge < -0.3 is 5.32 Å². The number of hydrogen-bond donors (Lipinski definition) is 2. The topological polar surface area (TPSA) is 58.2 Å². The Labute approximate surface area is 129 Å². The summed E-state index contributed by atoms with van der Waals surface area (Å²) in [5, 5.41) is 3.23. The second kappa shape index (κ2) is 9.05. The summed E-state index contributed by atoms with van der Waals surface area (Å²) in [6.07, 6.45) is 5.26. The second-order valence-corrected chi connectivity index (χ2v) is 7.18. The molecule has 1 unspecified atom stereocenters. The molecule has 5 heteroatoms. The van der Waals surface area contributed by atoms with E-state index < -0.39 is 10.0 Å². The minimum absolute atomic E-state index is 0.0283. The predicted molar refractivity (Wildman–Crippen MR) is 89.1 cm³/mol. The molecule has 1 rings (SSSR count). The van der Waals surface area contributed by atoms with E-state index in [-0.39, 0.29) is 6.04 Å². The summed E-state index contributed by atoms with van der Waals surface area (Å²) in [6.45, 7) is 7.04. The molecule has 1 aromatic rings. The second-order valence-electron chi connectivity index (χ2n) is 5.47. The third-order valence-corrected chi connectivity index (χ3v) is 4.95. The number of hydrogen-bond acceptors (Lipinski definition) is 3. The molecule has 0 radical (unpaired) electrons. The van der Waals surface area contributed by atoms with Gasteiger partial charge in [0.15, 0.2) is 0 Å². The number of sulfonamides is 1. The van der Waals surface area contributed by atoms with Crippen molar-refractivity contribution in [3.63, 3.8) is 0 Å². The van der Waals surface area contributed by atoms with Crippen LogP contribution in [-0.4, -0.2) is 21.0 Å². The van der Waals surface area contributed by atoms with E-state index in [4.69, 9.17) is 0 Å². The van der Waals surface area contributed by atoms with E-state index in [9.17, 15) is 8.42 Å². The van der Waals surface area contributed by atoms with Crippen LogP contribution in [0, 0.1) is 0 Å². The molecule has 120 valence electrons. The molecule has 0 aliphatic carbocycles. The summed E-state index contributed by atoms with van der Waals surface area (Å²) in [7, 11) is -3.41. The molecule has 0 saturated carbocycles. The molecule has 0 aromatic heterocycles. The fourth-order valence-electron chi connectivity index (χ4n) is 2.11. The van der Waals surface area contributed by atoms with Gasteiger partial charge in [-0.1, -0.05) is 33.1 Å². The highest BCUT2D eigenvalue weighted by Crippen LogP contribution is 2.15. The molecule has 1 aromatic carbocycles. The molecule has 21 heavy (non-hydrogen) atoms. The van der Waals surface area contributed by atoms with Gasteiger partial charge in [0.05, 0.1) is 4.90 Å². The van der Waals surface area contributed by atoms with Crippen LogP contribution in [0.2, 0.25) is 0 Å². The monoisotopic (exact) mass is 312 g/mol. The van der Waals surface area contributed by atoms with Gasteiger partial charge in [-0.05, 0) is 44.0 Å². The van der Waals surface area contributed by atoms with E-state index in [1.807, 2.05) is 19.1 Å². The van der Waals surface area contributed by atoms with Crippen LogP contribution in [0.4, 0.5) is 5.69 Å². The van der Waals surface area contributed by atoms with Crippen molar-refractivity contribution in [2.24, 2.45) is 0 Å². The number of rotatable bonds is 10. The van der Waals surface area contributed by atoms with Gasteiger partial charge in [-0.3, -0.25) is 0 Å². The Morgan fingerprint density at radius 2 is 1.71 bits per heavy atom.